The molecule has 0 amide bonds. The van der Waals surface area contributed by atoms with E-state index >= 15 is 0 Å². The predicted molar refractivity (Wildman–Crippen MR) is 75.0 cm³/mol. The third-order valence-corrected chi connectivity index (χ3v) is 4.06. The summed E-state index contributed by atoms with van der Waals surface area (Å²) < 4.78 is 0. The van der Waals surface area contributed by atoms with E-state index in [-0.39, 0.29) is 11.1 Å². The van der Waals surface area contributed by atoms with Gasteiger partial charge in [-0.1, -0.05) is 18.2 Å². The Labute approximate surface area is 105 Å². The fourth-order valence-electron chi connectivity index (χ4n) is 1.57. The zero-order valence-electron chi connectivity index (χ0n) is 11.8. The first-order chi connectivity index (χ1) is 7.81. The van der Waals surface area contributed by atoms with Crippen LogP contribution in [0.5, 0.6) is 0 Å². The van der Waals surface area contributed by atoms with Crippen LogP contribution in [0, 0.1) is 0 Å². The number of rotatable bonds is 5. The zero-order chi connectivity index (χ0) is 13.1. The third-order valence-electron chi connectivity index (χ3n) is 4.06. The minimum Gasteiger partial charge on any atom is -0.319 e. The summed E-state index contributed by atoms with van der Waals surface area (Å²) in [6.45, 7) is 8.85. The lowest BCUT2D eigenvalue weighted by molar-refractivity contribution is 0.0886. The molecular formula is C14H25N3. The van der Waals surface area contributed by atoms with Crippen molar-refractivity contribution in [2.75, 3.05) is 19.5 Å². The highest BCUT2D eigenvalue weighted by molar-refractivity contribution is 5.41. The first-order valence-corrected chi connectivity index (χ1v) is 6.06. The Hall–Kier alpha value is -1.06. The van der Waals surface area contributed by atoms with Crippen molar-refractivity contribution in [1.29, 1.82) is 0 Å². The van der Waals surface area contributed by atoms with Crippen molar-refractivity contribution in [3.63, 3.8) is 0 Å². The van der Waals surface area contributed by atoms with E-state index in [1.807, 2.05) is 25.2 Å². The third kappa shape index (κ3) is 2.99. The molecule has 0 unspecified atom stereocenters. The first-order valence-electron chi connectivity index (χ1n) is 6.06. The number of hydrogen-bond acceptors (Lipinski definition) is 3. The Morgan fingerprint density at radius 3 is 2.00 bits per heavy atom. The van der Waals surface area contributed by atoms with Gasteiger partial charge in [-0.25, -0.2) is 5.01 Å². The van der Waals surface area contributed by atoms with Crippen LogP contribution >= 0.6 is 0 Å². The van der Waals surface area contributed by atoms with Crippen molar-refractivity contribution in [3.8, 4) is 0 Å². The van der Waals surface area contributed by atoms with Gasteiger partial charge in [0.25, 0.3) is 0 Å². The maximum atomic E-state index is 3.42. The lowest BCUT2D eigenvalue weighted by atomic mass is 9.82. The summed E-state index contributed by atoms with van der Waals surface area (Å²) in [6.07, 6.45) is 0. The molecule has 0 aliphatic heterocycles. The van der Waals surface area contributed by atoms with Gasteiger partial charge in [-0.2, -0.15) is 0 Å². The number of anilines is 1. The average molecular weight is 235 g/mol. The summed E-state index contributed by atoms with van der Waals surface area (Å²) in [5, 5.41) is 5.52. The Kier molecular flexibility index (Phi) is 4.17. The Balaban J connectivity index is 2.80. The average Bonchev–Trinajstić information content (AvgIpc) is 2.30. The number of para-hydroxylation sites is 1. The molecule has 1 rings (SSSR count). The number of nitrogens with one attached hydrogen (secondary N) is 2. The van der Waals surface area contributed by atoms with Gasteiger partial charge in [-0.15, -0.1) is 0 Å². The molecule has 1 aromatic carbocycles. The zero-order valence-corrected chi connectivity index (χ0v) is 11.8. The van der Waals surface area contributed by atoms with E-state index in [2.05, 4.69) is 62.6 Å². The van der Waals surface area contributed by atoms with E-state index in [0.29, 0.717) is 0 Å². The Morgan fingerprint density at radius 1 is 1.00 bits per heavy atom. The lowest BCUT2D eigenvalue weighted by Crippen LogP contribution is -2.63. The quantitative estimate of drug-likeness (QED) is 0.768. The summed E-state index contributed by atoms with van der Waals surface area (Å²) in [6, 6.07) is 10.2. The van der Waals surface area contributed by atoms with Gasteiger partial charge in [0.05, 0.1) is 5.54 Å². The van der Waals surface area contributed by atoms with Crippen LogP contribution in [-0.4, -0.2) is 30.2 Å². The fraction of sp³-hybridized carbons (Fsp3) is 0.571. The maximum Gasteiger partial charge on any atom is 0.0517 e. The molecule has 0 aromatic heterocycles. The molecule has 1 aromatic rings. The van der Waals surface area contributed by atoms with Gasteiger partial charge in [-0.3, -0.25) is 0 Å². The van der Waals surface area contributed by atoms with Gasteiger partial charge in [0.15, 0.2) is 0 Å². The standard InChI is InChI=1S/C14H25N3/c1-13(2,15-5)14(3,4)17(6)16-12-10-8-7-9-11-12/h7-11,15-16H,1-6H3. The molecular weight excluding hydrogens is 210 g/mol. The van der Waals surface area contributed by atoms with Crippen molar-refractivity contribution >= 4 is 5.69 Å². The highest BCUT2D eigenvalue weighted by Crippen LogP contribution is 2.26. The van der Waals surface area contributed by atoms with Crippen molar-refractivity contribution < 1.29 is 0 Å². The van der Waals surface area contributed by atoms with Crippen LogP contribution in [0.25, 0.3) is 0 Å². The van der Waals surface area contributed by atoms with Crippen molar-refractivity contribution in [3.05, 3.63) is 30.3 Å². The smallest absolute Gasteiger partial charge is 0.0517 e. The van der Waals surface area contributed by atoms with Gasteiger partial charge in [0.1, 0.15) is 0 Å². The second kappa shape index (κ2) is 5.07. The molecule has 96 valence electrons. The van der Waals surface area contributed by atoms with Crippen LogP contribution in [0.4, 0.5) is 5.69 Å². The normalized spacial score (nSPS) is 12.9. The highest BCUT2D eigenvalue weighted by atomic mass is 15.5. The number of nitrogens with zero attached hydrogens (tertiary/aromatic N) is 1. The number of benzene rings is 1. The molecule has 0 saturated carbocycles. The van der Waals surface area contributed by atoms with Crippen molar-refractivity contribution in [1.82, 2.24) is 10.3 Å². The van der Waals surface area contributed by atoms with Gasteiger partial charge in [0.2, 0.25) is 0 Å². The molecule has 2 N–H and O–H groups in total. The summed E-state index contributed by atoms with van der Waals surface area (Å²) in [5.74, 6) is 0. The summed E-state index contributed by atoms with van der Waals surface area (Å²) in [4.78, 5) is 0. The van der Waals surface area contributed by atoms with Crippen LogP contribution in [0.1, 0.15) is 27.7 Å². The lowest BCUT2D eigenvalue weighted by Gasteiger charge is -2.47. The first kappa shape index (κ1) is 14.0. The molecule has 0 bridgehead atoms. The van der Waals surface area contributed by atoms with Crippen molar-refractivity contribution in [2.45, 2.75) is 38.8 Å². The predicted octanol–water partition coefficient (Wildman–Crippen LogP) is 2.72. The van der Waals surface area contributed by atoms with Gasteiger partial charge in [0, 0.05) is 18.3 Å². The SMILES string of the molecule is CNC(C)(C)C(C)(C)N(C)Nc1ccccc1. The minimum atomic E-state index is -0.0302. The summed E-state index contributed by atoms with van der Waals surface area (Å²) >= 11 is 0. The molecule has 0 radical (unpaired) electrons. The van der Waals surface area contributed by atoms with Gasteiger partial charge >= 0.3 is 0 Å². The van der Waals surface area contributed by atoms with Crippen LogP contribution in [0.3, 0.4) is 0 Å². The number of hydrogen-bond donors (Lipinski definition) is 2. The molecule has 0 spiro atoms. The molecule has 17 heavy (non-hydrogen) atoms. The molecule has 3 nitrogen and oxygen atoms in total. The largest absolute Gasteiger partial charge is 0.319 e. The van der Waals surface area contributed by atoms with Gasteiger partial charge < -0.3 is 10.7 Å². The minimum absolute atomic E-state index is 0.00350. The monoisotopic (exact) mass is 235 g/mol. The molecule has 0 fully saturated rings. The molecule has 0 saturated heterocycles. The Bertz CT molecular complexity index is 344. The van der Waals surface area contributed by atoms with Crippen LogP contribution in [0.15, 0.2) is 30.3 Å². The van der Waals surface area contributed by atoms with Crippen LogP contribution in [0.2, 0.25) is 0 Å². The fourth-order valence-corrected chi connectivity index (χ4v) is 1.57. The molecule has 0 atom stereocenters. The van der Waals surface area contributed by atoms with E-state index in [1.54, 1.807) is 0 Å². The summed E-state index contributed by atoms with van der Waals surface area (Å²) in [7, 11) is 4.07. The molecule has 3 heteroatoms. The van der Waals surface area contributed by atoms with E-state index < -0.39 is 0 Å². The topological polar surface area (TPSA) is 27.3 Å². The van der Waals surface area contributed by atoms with Crippen molar-refractivity contribution in [2.24, 2.45) is 0 Å². The second-order valence-electron chi connectivity index (χ2n) is 5.47. The van der Waals surface area contributed by atoms with Crippen LogP contribution < -0.4 is 10.7 Å². The highest BCUT2D eigenvalue weighted by Gasteiger charge is 2.39. The molecule has 0 aliphatic carbocycles. The van der Waals surface area contributed by atoms with E-state index in [0.717, 1.165) is 5.69 Å². The molecule has 0 heterocycles. The van der Waals surface area contributed by atoms with E-state index in [1.165, 1.54) is 0 Å². The maximum absolute atomic E-state index is 3.42. The van der Waals surface area contributed by atoms with E-state index in [4.69, 9.17) is 0 Å². The second-order valence-corrected chi connectivity index (χ2v) is 5.47. The van der Waals surface area contributed by atoms with Gasteiger partial charge in [-0.05, 0) is 46.9 Å². The van der Waals surface area contributed by atoms with E-state index in [9.17, 15) is 0 Å². The summed E-state index contributed by atoms with van der Waals surface area (Å²) in [5.41, 5.74) is 4.50. The number of likely N-dealkylation sites (N-methyl/N-ethyl adjacent to an activating group) is 2. The molecule has 0 aliphatic rings. The Morgan fingerprint density at radius 2 is 1.53 bits per heavy atom. The van der Waals surface area contributed by atoms with Crippen LogP contribution in [-0.2, 0) is 0 Å². The number of hydrazine groups is 1.